The molecule has 0 atom stereocenters. The Morgan fingerprint density at radius 2 is 1.95 bits per heavy atom. The first-order valence-corrected chi connectivity index (χ1v) is 7.89. The number of carboxylic acids is 1. The van der Waals surface area contributed by atoms with Gasteiger partial charge in [0.15, 0.2) is 5.82 Å². The number of nitrogens with zero attached hydrogens (tertiary/aromatic N) is 2. The molecule has 0 aliphatic rings. The summed E-state index contributed by atoms with van der Waals surface area (Å²) in [5, 5.41) is 8.88. The van der Waals surface area contributed by atoms with Gasteiger partial charge >= 0.3 is 5.97 Å². The average Bonchev–Trinajstić information content (AvgIpc) is 2.45. The Labute approximate surface area is 124 Å². The van der Waals surface area contributed by atoms with Crippen LogP contribution in [0.2, 0.25) is 0 Å². The van der Waals surface area contributed by atoms with Gasteiger partial charge in [-0.2, -0.15) is 0 Å². The van der Waals surface area contributed by atoms with Crippen molar-refractivity contribution in [1.29, 1.82) is 0 Å². The molecule has 2 rings (SSSR count). The standard InChI is InChI=1S/C12H9ClN2O5S/c13-21(18,19)10-6-8(12(16)17)2-3-9(10)20-7-11-14-4-1-5-15-11/h1-6H,7H2,(H,16,17). The highest BCUT2D eigenvalue weighted by molar-refractivity contribution is 8.13. The van der Waals surface area contributed by atoms with Crippen LogP contribution in [0.1, 0.15) is 16.2 Å². The van der Waals surface area contributed by atoms with Gasteiger partial charge in [-0.3, -0.25) is 0 Å². The summed E-state index contributed by atoms with van der Waals surface area (Å²) >= 11 is 0. The van der Waals surface area contributed by atoms with Gasteiger partial charge in [0.1, 0.15) is 17.3 Å². The van der Waals surface area contributed by atoms with Crippen molar-refractivity contribution in [2.45, 2.75) is 11.5 Å². The van der Waals surface area contributed by atoms with Crippen LogP contribution in [-0.4, -0.2) is 29.5 Å². The third-order valence-electron chi connectivity index (χ3n) is 2.43. The quantitative estimate of drug-likeness (QED) is 0.832. The first kappa shape index (κ1) is 15.2. The summed E-state index contributed by atoms with van der Waals surface area (Å²) in [6.45, 7) is -0.0767. The van der Waals surface area contributed by atoms with Crippen LogP contribution in [0.15, 0.2) is 41.6 Å². The maximum atomic E-state index is 11.5. The maximum absolute atomic E-state index is 11.5. The zero-order chi connectivity index (χ0) is 15.5. The fraction of sp³-hybridized carbons (Fsp3) is 0.0833. The average molecular weight is 329 g/mol. The van der Waals surface area contributed by atoms with Gasteiger partial charge in [-0.25, -0.2) is 23.2 Å². The number of hydrogen-bond donors (Lipinski definition) is 1. The number of benzene rings is 1. The second kappa shape index (κ2) is 6.06. The second-order valence-corrected chi connectivity index (χ2v) is 6.39. The summed E-state index contributed by atoms with van der Waals surface area (Å²) in [4.78, 5) is 18.3. The predicted molar refractivity (Wildman–Crippen MR) is 72.8 cm³/mol. The van der Waals surface area contributed by atoms with E-state index in [9.17, 15) is 13.2 Å². The molecule has 1 N–H and O–H groups in total. The first-order chi connectivity index (χ1) is 9.88. The Morgan fingerprint density at radius 1 is 1.29 bits per heavy atom. The molecule has 0 fully saturated rings. The molecule has 0 radical (unpaired) electrons. The van der Waals surface area contributed by atoms with Crippen LogP contribution >= 0.6 is 10.7 Å². The van der Waals surface area contributed by atoms with Crippen LogP contribution in [0, 0.1) is 0 Å². The number of hydrogen-bond acceptors (Lipinski definition) is 6. The number of aromatic carboxylic acids is 1. The molecule has 0 saturated carbocycles. The maximum Gasteiger partial charge on any atom is 0.335 e. The van der Waals surface area contributed by atoms with Crippen molar-refractivity contribution in [3.05, 3.63) is 48.0 Å². The zero-order valence-electron chi connectivity index (χ0n) is 10.4. The highest BCUT2D eigenvalue weighted by atomic mass is 35.7. The van der Waals surface area contributed by atoms with Gasteiger partial charge in [0, 0.05) is 23.1 Å². The Morgan fingerprint density at radius 3 is 2.52 bits per heavy atom. The molecule has 110 valence electrons. The molecule has 0 saturated heterocycles. The molecule has 0 spiro atoms. The number of carboxylic acid groups (broad SMARTS) is 1. The van der Waals surface area contributed by atoms with Crippen molar-refractivity contribution in [2.75, 3.05) is 0 Å². The van der Waals surface area contributed by atoms with Gasteiger partial charge in [-0.15, -0.1) is 0 Å². The molecular formula is C12H9ClN2O5S. The van der Waals surface area contributed by atoms with Crippen LogP contribution in [-0.2, 0) is 15.7 Å². The lowest BCUT2D eigenvalue weighted by Gasteiger charge is -2.09. The van der Waals surface area contributed by atoms with Crippen molar-refractivity contribution in [1.82, 2.24) is 9.97 Å². The third kappa shape index (κ3) is 3.89. The van der Waals surface area contributed by atoms with Crippen LogP contribution in [0.5, 0.6) is 5.75 Å². The second-order valence-electron chi connectivity index (χ2n) is 3.86. The third-order valence-corrected chi connectivity index (χ3v) is 3.77. The van der Waals surface area contributed by atoms with Crippen molar-refractivity contribution >= 4 is 25.7 Å². The van der Waals surface area contributed by atoms with E-state index >= 15 is 0 Å². The first-order valence-electron chi connectivity index (χ1n) is 5.58. The lowest BCUT2D eigenvalue weighted by atomic mass is 10.2. The van der Waals surface area contributed by atoms with Gasteiger partial charge in [-0.05, 0) is 24.3 Å². The molecule has 9 heteroatoms. The lowest BCUT2D eigenvalue weighted by Crippen LogP contribution is -2.05. The van der Waals surface area contributed by atoms with Crippen LogP contribution < -0.4 is 4.74 Å². The van der Waals surface area contributed by atoms with Crippen molar-refractivity contribution in [2.24, 2.45) is 0 Å². The van der Waals surface area contributed by atoms with E-state index in [1.54, 1.807) is 6.07 Å². The monoisotopic (exact) mass is 328 g/mol. The summed E-state index contributed by atoms with van der Waals surface area (Å²) in [7, 11) is 1.14. The topological polar surface area (TPSA) is 106 Å². The summed E-state index contributed by atoms with van der Waals surface area (Å²) in [5.74, 6) is -0.991. The van der Waals surface area contributed by atoms with E-state index in [1.165, 1.54) is 24.5 Å². The fourth-order valence-corrected chi connectivity index (χ4v) is 2.49. The minimum Gasteiger partial charge on any atom is -0.484 e. The zero-order valence-corrected chi connectivity index (χ0v) is 12.0. The SMILES string of the molecule is O=C(O)c1ccc(OCc2ncccn2)c(S(=O)(=O)Cl)c1. The van der Waals surface area contributed by atoms with Crippen molar-refractivity contribution in [3.8, 4) is 5.75 Å². The molecular weight excluding hydrogens is 320 g/mol. The van der Waals surface area contributed by atoms with E-state index in [-0.39, 0.29) is 17.9 Å². The molecule has 1 heterocycles. The molecule has 0 amide bonds. The molecule has 7 nitrogen and oxygen atoms in total. The van der Waals surface area contributed by atoms with Crippen LogP contribution in [0.4, 0.5) is 0 Å². The van der Waals surface area contributed by atoms with Gasteiger partial charge in [0.05, 0.1) is 5.56 Å². The van der Waals surface area contributed by atoms with E-state index in [0.717, 1.165) is 6.07 Å². The van der Waals surface area contributed by atoms with Crippen LogP contribution in [0.3, 0.4) is 0 Å². The van der Waals surface area contributed by atoms with Gasteiger partial charge in [0.2, 0.25) is 0 Å². The minimum absolute atomic E-state index is 0.0672. The van der Waals surface area contributed by atoms with E-state index in [2.05, 4.69) is 9.97 Å². The van der Waals surface area contributed by atoms with E-state index in [0.29, 0.717) is 5.82 Å². The van der Waals surface area contributed by atoms with Crippen molar-refractivity contribution in [3.63, 3.8) is 0 Å². The molecule has 21 heavy (non-hydrogen) atoms. The minimum atomic E-state index is -4.15. The van der Waals surface area contributed by atoms with E-state index in [4.69, 9.17) is 20.5 Å². The molecule has 1 aromatic heterocycles. The Hall–Kier alpha value is -2.19. The van der Waals surface area contributed by atoms with Crippen LogP contribution in [0.25, 0.3) is 0 Å². The Kier molecular flexibility index (Phi) is 4.39. The number of aromatic nitrogens is 2. The smallest absolute Gasteiger partial charge is 0.335 e. The summed E-state index contributed by atoms with van der Waals surface area (Å²) in [5.41, 5.74) is -0.211. The summed E-state index contributed by atoms with van der Waals surface area (Å²) < 4.78 is 28.3. The highest BCUT2D eigenvalue weighted by Crippen LogP contribution is 2.28. The van der Waals surface area contributed by atoms with Gasteiger partial charge in [0.25, 0.3) is 9.05 Å². The number of carbonyl (C=O) groups is 1. The van der Waals surface area contributed by atoms with E-state index in [1.807, 2.05) is 0 Å². The molecule has 0 aliphatic carbocycles. The summed E-state index contributed by atoms with van der Waals surface area (Å²) in [6, 6.07) is 5.00. The lowest BCUT2D eigenvalue weighted by molar-refractivity contribution is 0.0696. The normalized spacial score (nSPS) is 11.1. The molecule has 0 unspecified atom stereocenters. The number of ether oxygens (including phenoxy) is 1. The van der Waals surface area contributed by atoms with Gasteiger partial charge < -0.3 is 9.84 Å². The highest BCUT2D eigenvalue weighted by Gasteiger charge is 2.20. The molecule has 2 aromatic rings. The largest absolute Gasteiger partial charge is 0.484 e. The molecule has 1 aromatic carbocycles. The predicted octanol–water partition coefficient (Wildman–Crippen LogP) is 1.68. The number of rotatable bonds is 5. The van der Waals surface area contributed by atoms with E-state index < -0.39 is 19.9 Å². The summed E-state index contributed by atoms with van der Waals surface area (Å²) in [6.07, 6.45) is 3.02. The molecule has 0 bridgehead atoms. The Bertz CT molecular complexity index is 764. The molecule has 0 aliphatic heterocycles. The fourth-order valence-electron chi connectivity index (χ4n) is 1.50. The number of halogens is 1. The van der Waals surface area contributed by atoms with Crippen molar-refractivity contribution < 1.29 is 23.1 Å². The van der Waals surface area contributed by atoms with Gasteiger partial charge in [-0.1, -0.05) is 0 Å². The Balaban J connectivity index is 2.33.